The molecule has 8 heteroatoms. The first kappa shape index (κ1) is 19.2. The maximum Gasteiger partial charge on any atom is 0.236 e. The molecule has 1 saturated carbocycles. The number of likely N-dealkylation sites (tertiary alicyclic amines) is 1. The number of aryl methyl sites for hydroxylation is 1. The van der Waals surface area contributed by atoms with Crippen LogP contribution in [0.15, 0.2) is 17.5 Å². The van der Waals surface area contributed by atoms with Crippen LogP contribution < -0.4 is 10.1 Å². The van der Waals surface area contributed by atoms with Crippen LogP contribution >= 0.6 is 22.9 Å². The second kappa shape index (κ2) is 8.53. The number of ether oxygens (including phenoxy) is 1. The molecule has 0 amide bonds. The fourth-order valence-electron chi connectivity index (χ4n) is 4.47. The number of anilines is 2. The molecule has 0 radical (unpaired) electrons. The van der Waals surface area contributed by atoms with E-state index in [2.05, 4.69) is 25.0 Å². The van der Waals surface area contributed by atoms with Gasteiger partial charge in [-0.1, -0.05) is 6.42 Å². The average Bonchev–Trinajstić information content (AvgIpc) is 3.38. The number of nitrogens with zero attached hydrogens (tertiary/aromatic N) is 4. The van der Waals surface area contributed by atoms with Crippen LogP contribution in [0.1, 0.15) is 50.6 Å². The predicted octanol–water partition coefficient (Wildman–Crippen LogP) is 5.38. The Hall–Kier alpha value is -1.77. The minimum absolute atomic E-state index is 0.245. The normalized spacial score (nSPS) is 23.3. The molecule has 4 heterocycles. The van der Waals surface area contributed by atoms with E-state index in [0.717, 1.165) is 45.7 Å². The smallest absolute Gasteiger partial charge is 0.236 e. The van der Waals surface area contributed by atoms with Gasteiger partial charge in [-0.05, 0) is 87.6 Å². The molecule has 1 N–H and O–H groups in total. The zero-order valence-corrected chi connectivity index (χ0v) is 18.4. The fourth-order valence-corrected chi connectivity index (χ4v) is 5.89. The minimum atomic E-state index is 0.245. The van der Waals surface area contributed by atoms with Crippen LogP contribution in [0.2, 0.25) is 0 Å². The van der Waals surface area contributed by atoms with Crippen LogP contribution in [0.3, 0.4) is 0 Å². The van der Waals surface area contributed by atoms with Gasteiger partial charge in [0.25, 0.3) is 0 Å². The number of fused-ring (bicyclic) bond motifs is 1. The van der Waals surface area contributed by atoms with Crippen molar-refractivity contribution in [2.24, 2.45) is 0 Å². The van der Waals surface area contributed by atoms with Crippen LogP contribution in [0.25, 0.3) is 10.2 Å². The van der Waals surface area contributed by atoms with Crippen LogP contribution in [0, 0.1) is 6.92 Å². The van der Waals surface area contributed by atoms with Gasteiger partial charge in [0.2, 0.25) is 11.8 Å². The monoisotopic (exact) mass is 429 g/mol. The Morgan fingerprint density at radius 3 is 2.69 bits per heavy atom. The van der Waals surface area contributed by atoms with E-state index < -0.39 is 0 Å². The quantitative estimate of drug-likeness (QED) is 0.588. The van der Waals surface area contributed by atoms with Gasteiger partial charge in [-0.15, -0.1) is 11.3 Å². The Kier molecular flexibility index (Phi) is 5.65. The van der Waals surface area contributed by atoms with Gasteiger partial charge in [-0.3, -0.25) is 0 Å². The van der Waals surface area contributed by atoms with Gasteiger partial charge < -0.3 is 15.0 Å². The number of rotatable bonds is 5. The summed E-state index contributed by atoms with van der Waals surface area (Å²) >= 11 is 3.07. The van der Waals surface area contributed by atoms with E-state index in [1.807, 2.05) is 19.1 Å². The zero-order valence-electron chi connectivity index (χ0n) is 16.8. The number of aromatic nitrogens is 3. The Bertz CT molecular complexity index is 957. The van der Waals surface area contributed by atoms with Gasteiger partial charge >= 0.3 is 0 Å². The topological polar surface area (TPSA) is 63.2 Å². The van der Waals surface area contributed by atoms with E-state index in [1.54, 1.807) is 11.3 Å². The average molecular weight is 430 g/mol. The van der Waals surface area contributed by atoms with Crippen molar-refractivity contribution in [2.75, 3.05) is 18.4 Å². The van der Waals surface area contributed by atoms with Gasteiger partial charge in [0.15, 0.2) is 0 Å². The summed E-state index contributed by atoms with van der Waals surface area (Å²) in [5, 5.41) is 6.29. The molecule has 1 aliphatic carbocycles. The van der Waals surface area contributed by atoms with Crippen molar-refractivity contribution in [2.45, 2.75) is 64.0 Å². The van der Waals surface area contributed by atoms with Crippen LogP contribution in [0.5, 0.6) is 5.88 Å². The number of thiophene rings is 1. The van der Waals surface area contributed by atoms with Crippen LogP contribution in [0.4, 0.5) is 10.9 Å². The molecule has 6 nitrogen and oxygen atoms in total. The SMILES string of the molecule is Cc1cc(Nc2nc(O[C@H]3CC[C@H](N4CCCCC4)CC3)c3sccc3n2)sn1. The Morgan fingerprint density at radius 2 is 1.93 bits per heavy atom. The van der Waals surface area contributed by atoms with Gasteiger partial charge in [0.1, 0.15) is 15.8 Å². The third kappa shape index (κ3) is 4.39. The molecular formula is C21H27N5OS2. The van der Waals surface area contributed by atoms with E-state index in [4.69, 9.17) is 9.72 Å². The molecule has 154 valence electrons. The molecule has 1 saturated heterocycles. The van der Waals surface area contributed by atoms with Crippen molar-refractivity contribution < 1.29 is 4.74 Å². The lowest BCUT2D eigenvalue weighted by Crippen LogP contribution is -2.42. The first-order valence-corrected chi connectivity index (χ1v) is 12.3. The standard InChI is InChI=1S/C21H27N5OS2/c1-14-13-18(29-25-14)23-21-22-17-9-12-28-19(17)20(24-21)27-16-7-5-15(6-8-16)26-10-3-2-4-11-26/h9,12-13,15-16H,2-8,10-11H2,1H3,(H,22,23,24)/t15-,16-. The Balaban J connectivity index is 1.28. The molecule has 0 bridgehead atoms. The van der Waals surface area contributed by atoms with Gasteiger partial charge in [0.05, 0.1) is 11.2 Å². The van der Waals surface area contributed by atoms with E-state index in [1.165, 1.54) is 56.7 Å². The van der Waals surface area contributed by atoms with E-state index >= 15 is 0 Å². The molecule has 29 heavy (non-hydrogen) atoms. The maximum atomic E-state index is 6.43. The molecule has 0 spiro atoms. The third-order valence-corrected chi connectivity index (χ3v) is 7.65. The lowest BCUT2D eigenvalue weighted by atomic mass is 9.90. The third-order valence-electron chi connectivity index (χ3n) is 5.96. The van der Waals surface area contributed by atoms with E-state index in [9.17, 15) is 0 Å². The highest BCUT2D eigenvalue weighted by Crippen LogP contribution is 2.34. The molecule has 0 unspecified atom stereocenters. The lowest BCUT2D eigenvalue weighted by molar-refractivity contribution is 0.0758. The van der Waals surface area contributed by atoms with Gasteiger partial charge in [-0.25, -0.2) is 4.98 Å². The molecule has 3 aromatic heterocycles. The summed E-state index contributed by atoms with van der Waals surface area (Å²) in [6.45, 7) is 4.55. The highest BCUT2D eigenvalue weighted by atomic mass is 32.1. The fraction of sp³-hybridized carbons (Fsp3) is 0.571. The predicted molar refractivity (Wildman–Crippen MR) is 120 cm³/mol. The second-order valence-corrected chi connectivity index (χ2v) is 9.81. The van der Waals surface area contributed by atoms with Gasteiger partial charge in [0, 0.05) is 6.04 Å². The molecule has 0 aromatic carbocycles. The van der Waals surface area contributed by atoms with E-state index in [0.29, 0.717) is 5.95 Å². The van der Waals surface area contributed by atoms with Gasteiger partial charge in [-0.2, -0.15) is 9.36 Å². The largest absolute Gasteiger partial charge is 0.473 e. The summed E-state index contributed by atoms with van der Waals surface area (Å²) in [4.78, 5) is 12.1. The Morgan fingerprint density at radius 1 is 1.10 bits per heavy atom. The summed E-state index contributed by atoms with van der Waals surface area (Å²) in [5.74, 6) is 1.30. The molecule has 2 fully saturated rings. The summed E-state index contributed by atoms with van der Waals surface area (Å²) in [6.07, 6.45) is 9.05. The van der Waals surface area contributed by atoms with Crippen molar-refractivity contribution in [3.8, 4) is 5.88 Å². The maximum absolute atomic E-state index is 6.43. The molecule has 0 atom stereocenters. The van der Waals surface area contributed by atoms with Crippen molar-refractivity contribution in [3.63, 3.8) is 0 Å². The van der Waals surface area contributed by atoms with Crippen LogP contribution in [-0.2, 0) is 0 Å². The van der Waals surface area contributed by atoms with Crippen LogP contribution in [-0.4, -0.2) is 44.5 Å². The minimum Gasteiger partial charge on any atom is -0.473 e. The van der Waals surface area contributed by atoms with Crippen molar-refractivity contribution in [3.05, 3.63) is 23.2 Å². The number of nitrogens with one attached hydrogen (secondary N) is 1. The molecular weight excluding hydrogens is 402 g/mol. The summed E-state index contributed by atoms with van der Waals surface area (Å²) in [7, 11) is 0. The summed E-state index contributed by atoms with van der Waals surface area (Å²) < 4.78 is 11.8. The summed E-state index contributed by atoms with van der Waals surface area (Å²) in [6, 6.07) is 4.79. The Labute approximate surface area is 179 Å². The molecule has 3 aromatic rings. The highest BCUT2D eigenvalue weighted by Gasteiger charge is 2.28. The second-order valence-electron chi connectivity index (χ2n) is 8.09. The van der Waals surface area contributed by atoms with Crippen molar-refractivity contribution >= 4 is 44.0 Å². The zero-order chi connectivity index (χ0) is 19.6. The highest BCUT2D eigenvalue weighted by molar-refractivity contribution is 7.17. The summed E-state index contributed by atoms with van der Waals surface area (Å²) in [5.41, 5.74) is 1.93. The van der Waals surface area contributed by atoms with Crippen molar-refractivity contribution in [1.29, 1.82) is 0 Å². The number of hydrogen-bond acceptors (Lipinski definition) is 8. The molecule has 1 aliphatic heterocycles. The van der Waals surface area contributed by atoms with E-state index in [-0.39, 0.29) is 6.10 Å². The number of hydrogen-bond donors (Lipinski definition) is 1. The molecule has 2 aliphatic rings. The number of piperidine rings is 1. The molecule has 5 rings (SSSR count). The first-order valence-electron chi connectivity index (χ1n) is 10.6. The van der Waals surface area contributed by atoms with Crippen molar-refractivity contribution in [1.82, 2.24) is 19.2 Å². The first-order chi connectivity index (χ1) is 14.2. The lowest BCUT2D eigenvalue weighted by Gasteiger charge is -2.38.